The van der Waals surface area contributed by atoms with Crippen LogP contribution in [0.2, 0.25) is 0 Å². The van der Waals surface area contributed by atoms with Crippen LogP contribution in [0.1, 0.15) is 24.8 Å². The highest BCUT2D eigenvalue weighted by atomic mass is 79.9. The molecular formula is C14H18BrNO2. The molecule has 4 heteroatoms. The lowest BCUT2D eigenvalue weighted by Crippen LogP contribution is -2.23. The van der Waals surface area contributed by atoms with Gasteiger partial charge >= 0.3 is 0 Å². The molecule has 0 spiro atoms. The van der Waals surface area contributed by atoms with E-state index in [-0.39, 0.29) is 0 Å². The Hall–Kier alpha value is -0.740. The van der Waals surface area contributed by atoms with Crippen molar-refractivity contribution in [3.63, 3.8) is 0 Å². The van der Waals surface area contributed by atoms with E-state index in [9.17, 15) is 0 Å². The maximum absolute atomic E-state index is 5.74. The zero-order valence-electron chi connectivity index (χ0n) is 10.4. The van der Waals surface area contributed by atoms with Gasteiger partial charge in [-0.2, -0.15) is 0 Å². The minimum atomic E-state index is 0.603. The highest BCUT2D eigenvalue weighted by Gasteiger charge is 2.19. The average molecular weight is 312 g/mol. The summed E-state index contributed by atoms with van der Waals surface area (Å²) in [4.78, 5) is 0. The molecule has 2 aliphatic heterocycles. The molecule has 3 rings (SSSR count). The van der Waals surface area contributed by atoms with Gasteiger partial charge in [-0.05, 0) is 43.5 Å². The quantitative estimate of drug-likeness (QED) is 0.911. The molecule has 18 heavy (non-hydrogen) atoms. The molecule has 0 aromatic heterocycles. The molecule has 98 valence electrons. The molecule has 1 fully saturated rings. The largest absolute Gasteiger partial charge is 0.490 e. The van der Waals surface area contributed by atoms with Crippen LogP contribution < -0.4 is 14.8 Å². The standard InChI is InChI=1S/C14H18BrNO2/c15-12-9-14-13(17-5-2-6-18-14)8-10(12)7-11-3-1-4-16-11/h8-9,11,16H,1-7H2. The molecule has 3 nitrogen and oxygen atoms in total. The lowest BCUT2D eigenvalue weighted by Gasteiger charge is -2.15. The van der Waals surface area contributed by atoms with Gasteiger partial charge in [-0.1, -0.05) is 15.9 Å². The molecule has 1 N–H and O–H groups in total. The van der Waals surface area contributed by atoms with Crippen molar-refractivity contribution in [2.75, 3.05) is 19.8 Å². The Bertz CT molecular complexity index is 430. The summed E-state index contributed by atoms with van der Waals surface area (Å²) in [5.74, 6) is 1.76. The number of ether oxygens (including phenoxy) is 2. The van der Waals surface area contributed by atoms with Gasteiger partial charge in [0.2, 0.25) is 0 Å². The van der Waals surface area contributed by atoms with E-state index in [1.807, 2.05) is 6.07 Å². The van der Waals surface area contributed by atoms with Crippen LogP contribution in [0, 0.1) is 0 Å². The monoisotopic (exact) mass is 311 g/mol. The predicted molar refractivity (Wildman–Crippen MR) is 74.5 cm³/mol. The Morgan fingerprint density at radius 1 is 1.17 bits per heavy atom. The SMILES string of the molecule is Brc1cc2c(cc1CC1CCCN1)OCCCO2. The van der Waals surface area contributed by atoms with Crippen molar-refractivity contribution in [3.05, 3.63) is 22.2 Å². The molecule has 0 bridgehead atoms. The molecular weight excluding hydrogens is 294 g/mol. The fraction of sp³-hybridized carbons (Fsp3) is 0.571. The van der Waals surface area contributed by atoms with Crippen molar-refractivity contribution in [1.82, 2.24) is 5.32 Å². The number of fused-ring (bicyclic) bond motifs is 1. The summed E-state index contributed by atoms with van der Waals surface area (Å²) in [7, 11) is 0. The van der Waals surface area contributed by atoms with E-state index in [4.69, 9.17) is 9.47 Å². The van der Waals surface area contributed by atoms with Gasteiger partial charge in [0.25, 0.3) is 0 Å². The van der Waals surface area contributed by atoms with Gasteiger partial charge in [-0.25, -0.2) is 0 Å². The first kappa shape index (κ1) is 12.3. The van der Waals surface area contributed by atoms with Crippen molar-refractivity contribution in [2.24, 2.45) is 0 Å². The molecule has 0 amide bonds. The van der Waals surface area contributed by atoms with Crippen LogP contribution in [0.4, 0.5) is 0 Å². The number of halogens is 1. The highest BCUT2D eigenvalue weighted by Crippen LogP contribution is 2.36. The first-order valence-electron chi connectivity index (χ1n) is 6.64. The third-order valence-electron chi connectivity index (χ3n) is 3.55. The van der Waals surface area contributed by atoms with E-state index in [0.717, 1.165) is 48.6 Å². The van der Waals surface area contributed by atoms with E-state index >= 15 is 0 Å². The first-order chi connectivity index (χ1) is 8.83. The molecule has 2 heterocycles. The van der Waals surface area contributed by atoms with E-state index in [1.165, 1.54) is 18.4 Å². The molecule has 1 aromatic carbocycles. The molecule has 0 saturated carbocycles. The summed E-state index contributed by atoms with van der Waals surface area (Å²) in [6, 6.07) is 4.78. The minimum Gasteiger partial charge on any atom is -0.490 e. The van der Waals surface area contributed by atoms with Crippen molar-refractivity contribution in [3.8, 4) is 11.5 Å². The van der Waals surface area contributed by atoms with Crippen LogP contribution in [0.3, 0.4) is 0 Å². The third kappa shape index (κ3) is 2.64. The smallest absolute Gasteiger partial charge is 0.162 e. The predicted octanol–water partition coefficient (Wildman–Crippen LogP) is 2.90. The fourth-order valence-corrected chi connectivity index (χ4v) is 3.06. The summed E-state index contributed by atoms with van der Waals surface area (Å²) < 4.78 is 12.6. The second-order valence-electron chi connectivity index (χ2n) is 4.94. The van der Waals surface area contributed by atoms with E-state index in [0.29, 0.717) is 6.04 Å². The van der Waals surface area contributed by atoms with Crippen molar-refractivity contribution < 1.29 is 9.47 Å². The highest BCUT2D eigenvalue weighted by molar-refractivity contribution is 9.10. The lowest BCUT2D eigenvalue weighted by atomic mass is 10.0. The normalized spacial score (nSPS) is 22.8. The molecule has 1 atom stereocenters. The number of hydrogen-bond donors (Lipinski definition) is 1. The Balaban J connectivity index is 1.83. The van der Waals surface area contributed by atoms with Gasteiger partial charge in [0, 0.05) is 16.9 Å². The van der Waals surface area contributed by atoms with E-state index in [1.54, 1.807) is 0 Å². The van der Waals surface area contributed by atoms with Crippen molar-refractivity contribution in [1.29, 1.82) is 0 Å². The molecule has 0 radical (unpaired) electrons. The van der Waals surface area contributed by atoms with Crippen LogP contribution in [-0.4, -0.2) is 25.8 Å². The van der Waals surface area contributed by atoms with E-state index in [2.05, 4.69) is 27.3 Å². The van der Waals surface area contributed by atoms with Crippen molar-refractivity contribution >= 4 is 15.9 Å². The number of benzene rings is 1. The molecule has 1 unspecified atom stereocenters. The topological polar surface area (TPSA) is 30.5 Å². The van der Waals surface area contributed by atoms with Crippen LogP contribution >= 0.6 is 15.9 Å². The summed E-state index contributed by atoms with van der Waals surface area (Å²) in [5, 5.41) is 3.53. The zero-order valence-corrected chi connectivity index (χ0v) is 12.0. The maximum Gasteiger partial charge on any atom is 0.162 e. The second-order valence-corrected chi connectivity index (χ2v) is 5.79. The summed E-state index contributed by atoms with van der Waals surface area (Å²) in [6.45, 7) is 2.63. The van der Waals surface area contributed by atoms with Gasteiger partial charge in [0.1, 0.15) is 0 Å². The van der Waals surface area contributed by atoms with Crippen LogP contribution in [0.5, 0.6) is 11.5 Å². The fourth-order valence-electron chi connectivity index (χ4n) is 2.58. The summed E-state index contributed by atoms with van der Waals surface area (Å²) >= 11 is 3.64. The van der Waals surface area contributed by atoms with Gasteiger partial charge in [-0.15, -0.1) is 0 Å². The Labute approximate surface area is 116 Å². The van der Waals surface area contributed by atoms with Gasteiger partial charge in [-0.3, -0.25) is 0 Å². The minimum absolute atomic E-state index is 0.603. The second kappa shape index (κ2) is 5.49. The number of rotatable bonds is 2. The van der Waals surface area contributed by atoms with Crippen molar-refractivity contribution in [2.45, 2.75) is 31.7 Å². The Morgan fingerprint density at radius 3 is 2.67 bits per heavy atom. The maximum atomic E-state index is 5.74. The molecule has 1 saturated heterocycles. The molecule has 2 aliphatic rings. The molecule has 1 aromatic rings. The lowest BCUT2D eigenvalue weighted by molar-refractivity contribution is 0.297. The van der Waals surface area contributed by atoms with E-state index < -0.39 is 0 Å². The van der Waals surface area contributed by atoms with Crippen LogP contribution in [0.25, 0.3) is 0 Å². The molecule has 0 aliphatic carbocycles. The number of nitrogens with one attached hydrogen (secondary N) is 1. The van der Waals surface area contributed by atoms with Crippen LogP contribution in [0.15, 0.2) is 16.6 Å². The Morgan fingerprint density at radius 2 is 1.94 bits per heavy atom. The van der Waals surface area contributed by atoms with Gasteiger partial charge < -0.3 is 14.8 Å². The van der Waals surface area contributed by atoms with Gasteiger partial charge in [0.15, 0.2) is 11.5 Å². The first-order valence-corrected chi connectivity index (χ1v) is 7.43. The number of hydrogen-bond acceptors (Lipinski definition) is 3. The third-order valence-corrected chi connectivity index (χ3v) is 4.28. The summed E-state index contributed by atoms with van der Waals surface area (Å²) in [6.07, 6.45) is 4.55. The Kier molecular flexibility index (Phi) is 3.75. The van der Waals surface area contributed by atoms with Crippen LogP contribution in [-0.2, 0) is 6.42 Å². The summed E-state index contributed by atoms with van der Waals surface area (Å²) in [5.41, 5.74) is 1.30. The van der Waals surface area contributed by atoms with Gasteiger partial charge in [0.05, 0.1) is 13.2 Å². The average Bonchev–Trinajstić information content (AvgIpc) is 2.76. The zero-order chi connectivity index (χ0) is 12.4.